The molecule has 4 aromatic carbocycles. The second-order valence-corrected chi connectivity index (χ2v) is 10.7. The van der Waals surface area contributed by atoms with Gasteiger partial charge < -0.3 is 24.4 Å². The van der Waals surface area contributed by atoms with Gasteiger partial charge in [0.25, 0.3) is 5.91 Å². The largest absolute Gasteiger partial charge is 0.497 e. The monoisotopic (exact) mass is 578 g/mol. The summed E-state index contributed by atoms with van der Waals surface area (Å²) in [7, 11) is 1.63. The number of nitrogens with one attached hydrogen (secondary N) is 1. The lowest BCUT2D eigenvalue weighted by molar-refractivity contribution is 0.0671. The second-order valence-electron chi connectivity index (χ2n) is 10.3. The number of nitrogens with zero attached hydrogens (tertiary/aromatic N) is 3. The van der Waals surface area contributed by atoms with E-state index in [1.54, 1.807) is 12.0 Å². The molecule has 0 bridgehead atoms. The topological polar surface area (TPSA) is 66.8 Å². The molecule has 212 valence electrons. The van der Waals surface area contributed by atoms with Crippen LogP contribution in [-0.2, 0) is 0 Å². The zero-order valence-corrected chi connectivity index (χ0v) is 24.3. The van der Waals surface area contributed by atoms with Crippen molar-refractivity contribution in [1.82, 2.24) is 14.4 Å². The Hall–Kier alpha value is -4.75. The van der Waals surface area contributed by atoms with Gasteiger partial charge >= 0.3 is 6.03 Å². The lowest BCUT2D eigenvalue weighted by Gasteiger charge is -2.34. The molecule has 1 saturated heterocycles. The first-order chi connectivity index (χ1) is 20.4. The highest BCUT2D eigenvalue weighted by Gasteiger charge is 2.28. The number of methoxy groups -OCH3 is 1. The van der Waals surface area contributed by atoms with Crippen molar-refractivity contribution in [3.8, 4) is 22.7 Å². The maximum Gasteiger partial charge on any atom is 0.321 e. The first kappa shape index (κ1) is 27.4. The molecule has 1 aliphatic rings. The van der Waals surface area contributed by atoms with E-state index < -0.39 is 0 Å². The molecule has 1 aliphatic heterocycles. The van der Waals surface area contributed by atoms with Crippen molar-refractivity contribution in [3.05, 3.63) is 113 Å². The fourth-order valence-corrected chi connectivity index (χ4v) is 5.77. The summed E-state index contributed by atoms with van der Waals surface area (Å²) in [6.07, 6.45) is 0. The Morgan fingerprint density at radius 2 is 1.48 bits per heavy atom. The average Bonchev–Trinajstić information content (AvgIpc) is 3.37. The summed E-state index contributed by atoms with van der Waals surface area (Å²) < 4.78 is 7.37. The Kier molecular flexibility index (Phi) is 7.59. The minimum atomic E-state index is -0.165. The third-order valence-electron chi connectivity index (χ3n) is 7.84. The Balaban J connectivity index is 1.22. The molecule has 42 heavy (non-hydrogen) atoms. The van der Waals surface area contributed by atoms with Gasteiger partial charge in [-0.05, 0) is 66.4 Å². The van der Waals surface area contributed by atoms with Crippen LogP contribution in [0.4, 0.5) is 10.5 Å². The van der Waals surface area contributed by atoms with E-state index in [0.29, 0.717) is 36.8 Å². The first-order valence-corrected chi connectivity index (χ1v) is 14.3. The molecule has 0 atom stereocenters. The molecular weight excluding hydrogens is 548 g/mol. The first-order valence-electron chi connectivity index (χ1n) is 13.9. The van der Waals surface area contributed by atoms with Gasteiger partial charge in [0.1, 0.15) is 5.75 Å². The van der Waals surface area contributed by atoms with Crippen molar-refractivity contribution < 1.29 is 14.3 Å². The highest BCUT2D eigenvalue weighted by Crippen LogP contribution is 2.34. The maximum absolute atomic E-state index is 13.9. The molecule has 2 heterocycles. The summed E-state index contributed by atoms with van der Waals surface area (Å²) in [5.74, 6) is 0.687. The molecule has 1 fully saturated rings. The van der Waals surface area contributed by atoms with Crippen molar-refractivity contribution in [2.45, 2.75) is 6.92 Å². The highest BCUT2D eigenvalue weighted by molar-refractivity contribution is 6.32. The third kappa shape index (κ3) is 5.19. The van der Waals surface area contributed by atoms with Gasteiger partial charge in [-0.25, -0.2) is 4.79 Å². The highest BCUT2D eigenvalue weighted by atomic mass is 35.5. The number of fused-ring (bicyclic) bond motifs is 1. The number of halogens is 1. The molecule has 1 N–H and O–H groups in total. The van der Waals surface area contributed by atoms with Crippen molar-refractivity contribution in [3.63, 3.8) is 0 Å². The molecular formula is C34H31ClN4O3. The zero-order valence-electron chi connectivity index (χ0n) is 23.5. The summed E-state index contributed by atoms with van der Waals surface area (Å²) in [6, 6.07) is 31.0. The quantitative estimate of drug-likeness (QED) is 0.239. The van der Waals surface area contributed by atoms with Crippen LogP contribution >= 0.6 is 11.6 Å². The summed E-state index contributed by atoms with van der Waals surface area (Å²) in [4.78, 5) is 30.6. The van der Waals surface area contributed by atoms with Gasteiger partial charge in [0.2, 0.25) is 0 Å². The van der Waals surface area contributed by atoms with Crippen LogP contribution in [-0.4, -0.2) is 59.6 Å². The van der Waals surface area contributed by atoms with Gasteiger partial charge in [0, 0.05) is 37.3 Å². The van der Waals surface area contributed by atoms with Crippen LogP contribution in [0.2, 0.25) is 5.02 Å². The fourth-order valence-electron chi connectivity index (χ4n) is 5.55. The molecule has 6 rings (SSSR count). The van der Waals surface area contributed by atoms with Crippen molar-refractivity contribution in [2.75, 3.05) is 38.6 Å². The molecule has 5 aromatic rings. The number of para-hydroxylation sites is 1. The molecule has 8 heteroatoms. The third-order valence-corrected chi connectivity index (χ3v) is 8.16. The normalized spacial score (nSPS) is 13.3. The Bertz CT molecular complexity index is 1770. The van der Waals surface area contributed by atoms with Crippen LogP contribution < -0.4 is 10.1 Å². The zero-order chi connectivity index (χ0) is 29.2. The van der Waals surface area contributed by atoms with Crippen LogP contribution in [0.3, 0.4) is 0 Å². The van der Waals surface area contributed by atoms with Crippen LogP contribution in [0.25, 0.3) is 27.7 Å². The van der Waals surface area contributed by atoms with Gasteiger partial charge in [-0.2, -0.15) is 0 Å². The lowest BCUT2D eigenvalue weighted by atomic mass is 10.1. The van der Waals surface area contributed by atoms with Gasteiger partial charge in [-0.1, -0.05) is 60.1 Å². The number of amides is 3. The summed E-state index contributed by atoms with van der Waals surface area (Å²) in [5, 5.41) is 5.71. The van der Waals surface area contributed by atoms with Crippen LogP contribution in [0.1, 0.15) is 16.1 Å². The Morgan fingerprint density at radius 3 is 2.21 bits per heavy atom. The van der Waals surface area contributed by atoms with Gasteiger partial charge in [0.05, 0.1) is 34.8 Å². The van der Waals surface area contributed by atoms with E-state index in [1.165, 1.54) is 0 Å². The van der Waals surface area contributed by atoms with Crippen molar-refractivity contribution in [1.29, 1.82) is 0 Å². The predicted molar refractivity (Wildman–Crippen MR) is 168 cm³/mol. The molecule has 0 radical (unpaired) electrons. The number of anilines is 1. The Morgan fingerprint density at radius 1 is 0.810 bits per heavy atom. The average molecular weight is 579 g/mol. The SMILES string of the molecule is COc1ccc(-c2cc(C(=O)N3CCN(C(=O)Nc4cccc5ccccc45)CC3)c(C)n2-c2ccccc2Cl)cc1. The number of carbonyl (C=O) groups is 2. The number of benzene rings is 4. The van der Waals surface area contributed by atoms with E-state index in [-0.39, 0.29) is 11.9 Å². The van der Waals surface area contributed by atoms with E-state index in [0.717, 1.165) is 44.8 Å². The number of rotatable bonds is 5. The van der Waals surface area contributed by atoms with Gasteiger partial charge in [-0.15, -0.1) is 0 Å². The minimum absolute atomic E-state index is 0.0674. The Labute approximate surface area is 249 Å². The molecule has 0 aliphatic carbocycles. The second kappa shape index (κ2) is 11.6. The van der Waals surface area contributed by atoms with Crippen molar-refractivity contribution >= 4 is 40.0 Å². The number of piperazine rings is 1. The summed E-state index contributed by atoms with van der Waals surface area (Å²) >= 11 is 6.63. The van der Waals surface area contributed by atoms with Gasteiger partial charge in [-0.3, -0.25) is 4.79 Å². The molecule has 0 spiro atoms. The van der Waals surface area contributed by atoms with Gasteiger partial charge in [0.15, 0.2) is 0 Å². The molecule has 3 amide bonds. The molecule has 0 saturated carbocycles. The minimum Gasteiger partial charge on any atom is -0.497 e. The standard InChI is InChI=1S/C34H31ClN4O3/c1-23-28(22-32(25-14-16-26(42-2)17-15-25)39(23)31-13-6-5-11-29(31)35)33(40)37-18-20-38(21-19-37)34(41)36-30-12-7-9-24-8-3-4-10-27(24)30/h3-17,22H,18-21H2,1-2H3,(H,36,41). The number of urea groups is 1. The van der Waals surface area contributed by atoms with Crippen molar-refractivity contribution in [2.24, 2.45) is 0 Å². The summed E-state index contributed by atoms with van der Waals surface area (Å²) in [6.45, 7) is 3.71. The van der Waals surface area contributed by atoms with E-state index in [4.69, 9.17) is 16.3 Å². The van der Waals surface area contributed by atoms with E-state index in [2.05, 4.69) is 5.32 Å². The number of hydrogen-bond acceptors (Lipinski definition) is 3. The number of carbonyl (C=O) groups excluding carboxylic acids is 2. The maximum atomic E-state index is 13.9. The van der Waals surface area contributed by atoms with E-state index >= 15 is 0 Å². The van der Waals surface area contributed by atoms with E-state index in [1.807, 2.05) is 113 Å². The van der Waals surface area contributed by atoms with Crippen LogP contribution in [0.15, 0.2) is 97.1 Å². The van der Waals surface area contributed by atoms with Crippen LogP contribution in [0.5, 0.6) is 5.75 Å². The smallest absolute Gasteiger partial charge is 0.321 e. The molecule has 0 unspecified atom stereocenters. The molecule has 7 nitrogen and oxygen atoms in total. The summed E-state index contributed by atoms with van der Waals surface area (Å²) in [5.41, 5.74) is 4.78. The lowest BCUT2D eigenvalue weighted by Crippen LogP contribution is -2.51. The van der Waals surface area contributed by atoms with E-state index in [9.17, 15) is 9.59 Å². The fraction of sp³-hybridized carbons (Fsp3) is 0.176. The molecule has 1 aromatic heterocycles. The number of hydrogen-bond donors (Lipinski definition) is 1. The number of ether oxygens (including phenoxy) is 1. The number of aromatic nitrogens is 1. The van der Waals surface area contributed by atoms with Crippen LogP contribution in [0, 0.1) is 6.92 Å². The predicted octanol–water partition coefficient (Wildman–Crippen LogP) is 7.26.